The third-order valence-corrected chi connectivity index (χ3v) is 9.16. The number of hydrogen-bond acceptors (Lipinski definition) is 0. The molecule has 5 heteroatoms. The van der Waals surface area contributed by atoms with Crippen molar-refractivity contribution in [2.45, 2.75) is 34.6 Å². The fraction of sp³-hybridized carbons (Fsp3) is 0.139. The van der Waals surface area contributed by atoms with Gasteiger partial charge in [0.15, 0.2) is 11.1 Å². The van der Waals surface area contributed by atoms with Gasteiger partial charge < -0.3 is 17.6 Å². The quantitative estimate of drug-likeness (QED) is 0.192. The Morgan fingerprint density at radius 2 is 1.27 bits per heavy atom. The van der Waals surface area contributed by atoms with Crippen LogP contribution in [-0.4, -0.2) is 11.4 Å². The Morgan fingerprint density at radius 3 is 1.98 bits per heavy atom. The highest BCUT2D eigenvalue weighted by atomic mass is 19.2. The highest BCUT2D eigenvalue weighted by Crippen LogP contribution is 2.44. The van der Waals surface area contributed by atoms with Crippen molar-refractivity contribution in [2.24, 2.45) is 0 Å². The van der Waals surface area contributed by atoms with E-state index in [0.29, 0.717) is 22.3 Å². The van der Waals surface area contributed by atoms with Crippen molar-refractivity contribution < 1.29 is 8.63 Å². The van der Waals surface area contributed by atoms with E-state index in [0.717, 1.165) is 65.5 Å². The van der Waals surface area contributed by atoms with Crippen LogP contribution in [0, 0.1) is 34.6 Å². The molecule has 5 aromatic carbocycles. The average Bonchev–Trinajstić information content (AvgIpc) is 3.53. The largest absolute Gasteiger partial charge is 0.737 e. The minimum atomic E-state index is -4.25. The predicted octanol–water partition coefficient (Wildman–Crippen LogP) is 7.47. The summed E-state index contributed by atoms with van der Waals surface area (Å²) >= 11 is 0. The lowest BCUT2D eigenvalue weighted by atomic mass is 9.83. The molecule has 0 saturated carbocycles. The minimum absolute atomic E-state index is 0.580. The molecule has 2 aliphatic heterocycles. The maximum absolute atomic E-state index is 17.6. The molecule has 0 fully saturated rings. The molecule has 3 heterocycles. The summed E-state index contributed by atoms with van der Waals surface area (Å²) in [6, 6.07) is 26.4. The summed E-state index contributed by atoms with van der Waals surface area (Å²) in [5, 5.41) is 5.98. The summed E-state index contributed by atoms with van der Waals surface area (Å²) in [7, 11) is 0. The first kappa shape index (κ1) is 24.3. The first-order valence-electron chi connectivity index (χ1n) is 14.2. The molecule has 0 saturated heterocycles. The van der Waals surface area contributed by atoms with Crippen molar-refractivity contribution in [3.05, 3.63) is 134 Å². The SMILES string of the molecule is Cc1cc(C)c(C2=C3C=c4c(C)cc5ccccc5c4=[N+]3[B-](F)(F)n3c2cc2c(C)cc4ccccc4c23)c(C)c1. The highest BCUT2D eigenvalue weighted by Gasteiger charge is 2.54. The first-order chi connectivity index (χ1) is 19.7. The van der Waals surface area contributed by atoms with Crippen LogP contribution in [-0.2, 0) is 0 Å². The van der Waals surface area contributed by atoms with Crippen LogP contribution in [0.1, 0.15) is 39.1 Å². The molecule has 0 bridgehead atoms. The van der Waals surface area contributed by atoms with Gasteiger partial charge in [0.1, 0.15) is 0 Å². The molecule has 41 heavy (non-hydrogen) atoms. The predicted molar refractivity (Wildman–Crippen MR) is 168 cm³/mol. The maximum Gasteiger partial charge on any atom is 0.737 e. The molecule has 0 N–H and O–H groups in total. The number of allylic oxidation sites excluding steroid dienone is 1. The Kier molecular flexibility index (Phi) is 4.76. The third kappa shape index (κ3) is 3.09. The second-order valence-electron chi connectivity index (χ2n) is 11.9. The Bertz CT molecular complexity index is 2320. The van der Waals surface area contributed by atoms with Crippen molar-refractivity contribution in [3.8, 4) is 0 Å². The van der Waals surface area contributed by atoms with E-state index in [9.17, 15) is 0 Å². The van der Waals surface area contributed by atoms with Crippen molar-refractivity contribution in [1.82, 2.24) is 8.96 Å². The molecule has 0 atom stereocenters. The molecule has 2 aliphatic rings. The molecule has 200 valence electrons. The van der Waals surface area contributed by atoms with Crippen molar-refractivity contribution in [1.29, 1.82) is 0 Å². The van der Waals surface area contributed by atoms with Gasteiger partial charge in [0.2, 0.25) is 0 Å². The Hall–Kier alpha value is -4.51. The monoisotopic (exact) mass is 538 g/mol. The van der Waals surface area contributed by atoms with Gasteiger partial charge in [-0.1, -0.05) is 72.3 Å². The molecule has 0 spiro atoms. The Morgan fingerprint density at radius 1 is 0.659 bits per heavy atom. The zero-order valence-electron chi connectivity index (χ0n) is 23.8. The molecule has 2 nitrogen and oxygen atoms in total. The Balaban J connectivity index is 1.68. The van der Waals surface area contributed by atoms with Crippen LogP contribution in [0.2, 0.25) is 0 Å². The normalized spacial score (nSPS) is 15.4. The second kappa shape index (κ2) is 8.04. The van der Waals surface area contributed by atoms with Gasteiger partial charge in [-0.2, -0.15) is 0 Å². The van der Waals surface area contributed by atoms with Gasteiger partial charge in [0.25, 0.3) is 0 Å². The molecule has 1 aromatic heterocycles. The van der Waals surface area contributed by atoms with E-state index in [1.54, 1.807) is 0 Å². The lowest BCUT2D eigenvalue weighted by Crippen LogP contribution is -2.57. The fourth-order valence-corrected chi connectivity index (χ4v) is 7.61. The van der Waals surface area contributed by atoms with Crippen LogP contribution in [0.5, 0.6) is 0 Å². The topological polar surface area (TPSA) is 7.94 Å². The van der Waals surface area contributed by atoms with Gasteiger partial charge >= 0.3 is 6.97 Å². The minimum Gasteiger partial charge on any atom is -0.389 e. The molecule has 0 unspecified atom stereocenters. The van der Waals surface area contributed by atoms with Crippen LogP contribution in [0.3, 0.4) is 0 Å². The van der Waals surface area contributed by atoms with Crippen molar-refractivity contribution >= 4 is 51.1 Å². The number of aromatic nitrogens is 1. The highest BCUT2D eigenvalue weighted by molar-refractivity contribution is 6.65. The second-order valence-corrected chi connectivity index (χ2v) is 11.9. The van der Waals surface area contributed by atoms with Gasteiger partial charge in [-0.15, -0.1) is 0 Å². The molecule has 0 aliphatic carbocycles. The molecular weight excluding hydrogens is 509 g/mol. The summed E-state index contributed by atoms with van der Waals surface area (Å²) in [5.74, 6) is 0. The molecule has 6 aromatic rings. The summed E-state index contributed by atoms with van der Waals surface area (Å²) in [5.41, 5.74) is 9.00. The van der Waals surface area contributed by atoms with Crippen LogP contribution in [0.25, 0.3) is 44.1 Å². The Labute approximate surface area is 237 Å². The number of halogens is 2. The summed E-state index contributed by atoms with van der Waals surface area (Å²) in [4.78, 5) is 0. The van der Waals surface area contributed by atoms with Gasteiger partial charge in [-0.05, 0) is 85.3 Å². The van der Waals surface area contributed by atoms with E-state index in [4.69, 9.17) is 0 Å². The summed E-state index contributed by atoms with van der Waals surface area (Å²) in [6.07, 6.45) is 2.01. The van der Waals surface area contributed by atoms with E-state index in [-0.39, 0.29) is 0 Å². The standard InChI is InChI=1S/C36H29BF2N2/c1-20-14-23(4)33(24(5)15-20)34-31-18-29-21(2)16-25-10-6-8-12-27(25)35(29)40(31)37(38,39)41-32(34)19-30-22(3)17-26-11-7-9-13-28(26)36(30)41/h6-19H,1-5H3. The van der Waals surface area contributed by atoms with Crippen molar-refractivity contribution in [3.63, 3.8) is 0 Å². The molecule has 8 rings (SSSR count). The smallest absolute Gasteiger partial charge is 0.389 e. The average molecular weight is 538 g/mol. The van der Waals surface area contributed by atoms with Gasteiger partial charge in [0, 0.05) is 33.4 Å². The van der Waals surface area contributed by atoms with Gasteiger partial charge in [-0.25, -0.2) is 0 Å². The fourth-order valence-electron chi connectivity index (χ4n) is 7.61. The van der Waals surface area contributed by atoms with E-state index in [1.807, 2.05) is 74.5 Å². The zero-order valence-corrected chi connectivity index (χ0v) is 23.8. The van der Waals surface area contributed by atoms with Crippen LogP contribution in [0.4, 0.5) is 8.63 Å². The van der Waals surface area contributed by atoms with Crippen LogP contribution < -0.4 is 15.1 Å². The van der Waals surface area contributed by atoms with Crippen LogP contribution >= 0.6 is 0 Å². The van der Waals surface area contributed by atoms with Gasteiger partial charge in [-0.3, -0.25) is 0 Å². The van der Waals surface area contributed by atoms with Crippen molar-refractivity contribution in [2.75, 3.05) is 0 Å². The number of fused-ring (bicyclic) bond motifs is 9. The lowest BCUT2D eigenvalue weighted by molar-refractivity contribution is 0.519. The van der Waals surface area contributed by atoms with E-state index < -0.39 is 6.97 Å². The maximum atomic E-state index is 17.6. The number of nitrogens with zero attached hydrogens (tertiary/aromatic N) is 2. The lowest BCUT2D eigenvalue weighted by Gasteiger charge is -2.33. The molecule has 0 amide bonds. The summed E-state index contributed by atoms with van der Waals surface area (Å²) < 4.78 is 37.9. The number of aryl methyl sites for hydroxylation is 5. The van der Waals surface area contributed by atoms with E-state index in [1.165, 1.54) is 14.5 Å². The zero-order chi connectivity index (χ0) is 28.4. The van der Waals surface area contributed by atoms with E-state index >= 15 is 8.63 Å². The van der Waals surface area contributed by atoms with Gasteiger partial charge in [0.05, 0.1) is 10.8 Å². The number of benzene rings is 5. The first-order valence-corrected chi connectivity index (χ1v) is 14.2. The van der Waals surface area contributed by atoms with Crippen LogP contribution in [0.15, 0.2) is 84.6 Å². The number of rotatable bonds is 1. The summed E-state index contributed by atoms with van der Waals surface area (Å²) in [6.45, 7) is 6.10. The molecular formula is C36H29BF2N2. The molecule has 0 radical (unpaired) electrons. The number of hydrogen-bond donors (Lipinski definition) is 0. The third-order valence-electron chi connectivity index (χ3n) is 9.16. The van der Waals surface area contributed by atoms with E-state index in [2.05, 4.69) is 45.0 Å².